The molecule has 2 nitrogen and oxygen atoms in total. The Hall–Kier alpha value is -1.30. The molecule has 18 heavy (non-hydrogen) atoms. The summed E-state index contributed by atoms with van der Waals surface area (Å²) < 4.78 is 0. The van der Waals surface area contributed by atoms with Crippen LogP contribution in [0.2, 0.25) is 10.0 Å². The van der Waals surface area contributed by atoms with E-state index in [1.165, 1.54) is 6.08 Å². The van der Waals surface area contributed by atoms with Crippen LogP contribution in [0.5, 0.6) is 0 Å². The van der Waals surface area contributed by atoms with Crippen LogP contribution in [0.25, 0.3) is 6.08 Å². The van der Waals surface area contributed by atoms with Crippen molar-refractivity contribution in [3.05, 3.63) is 39.4 Å². The number of allylic oxidation sites excluding steroid dienone is 1. The Morgan fingerprint density at radius 3 is 2.17 bits per heavy atom. The van der Waals surface area contributed by atoms with Crippen LogP contribution < -0.4 is 0 Å². The van der Waals surface area contributed by atoms with Crippen molar-refractivity contribution in [3.8, 4) is 6.07 Å². The van der Waals surface area contributed by atoms with Gasteiger partial charge in [-0.15, -0.1) is 0 Å². The van der Waals surface area contributed by atoms with Crippen LogP contribution in [-0.2, 0) is 4.79 Å². The first-order valence-electron chi connectivity index (χ1n) is 5.38. The van der Waals surface area contributed by atoms with Gasteiger partial charge >= 0.3 is 0 Å². The fourth-order valence-corrected chi connectivity index (χ4v) is 1.85. The van der Waals surface area contributed by atoms with E-state index in [1.807, 2.05) is 6.07 Å². The van der Waals surface area contributed by atoms with E-state index in [1.54, 1.807) is 39.0 Å². The maximum Gasteiger partial charge on any atom is 0.178 e. The van der Waals surface area contributed by atoms with Gasteiger partial charge in [-0.25, -0.2) is 0 Å². The van der Waals surface area contributed by atoms with Crippen LogP contribution in [0.1, 0.15) is 26.3 Å². The van der Waals surface area contributed by atoms with Crippen molar-refractivity contribution in [3.63, 3.8) is 0 Å². The number of nitriles is 1. The number of carbonyl (C=O) groups excluding carboxylic acids is 1. The van der Waals surface area contributed by atoms with Gasteiger partial charge in [0.05, 0.1) is 5.57 Å². The maximum absolute atomic E-state index is 12.0. The predicted molar refractivity (Wildman–Crippen MR) is 74.5 cm³/mol. The molecule has 0 amide bonds. The normalized spacial score (nSPS) is 12.1. The number of hydrogen-bond donors (Lipinski definition) is 0. The zero-order valence-corrected chi connectivity index (χ0v) is 11.9. The molecule has 0 unspecified atom stereocenters. The van der Waals surface area contributed by atoms with E-state index in [0.29, 0.717) is 15.6 Å². The van der Waals surface area contributed by atoms with Crippen molar-refractivity contribution in [1.29, 1.82) is 5.26 Å². The van der Waals surface area contributed by atoms with Gasteiger partial charge in [0.2, 0.25) is 0 Å². The Labute approximate surface area is 117 Å². The second-order valence-electron chi connectivity index (χ2n) is 4.88. The van der Waals surface area contributed by atoms with Gasteiger partial charge < -0.3 is 0 Å². The largest absolute Gasteiger partial charge is 0.293 e. The molecule has 0 spiro atoms. The highest BCUT2D eigenvalue weighted by Gasteiger charge is 2.25. The minimum Gasteiger partial charge on any atom is -0.293 e. The molecule has 0 bridgehead atoms. The molecular weight excluding hydrogens is 269 g/mol. The van der Waals surface area contributed by atoms with Gasteiger partial charge in [0.25, 0.3) is 0 Å². The van der Waals surface area contributed by atoms with Crippen LogP contribution in [0.4, 0.5) is 0 Å². The first-order chi connectivity index (χ1) is 8.27. The summed E-state index contributed by atoms with van der Waals surface area (Å²) in [5, 5.41) is 9.91. The van der Waals surface area contributed by atoms with Gasteiger partial charge in [0, 0.05) is 21.0 Å². The number of hydrogen-bond acceptors (Lipinski definition) is 2. The molecule has 0 saturated carbocycles. The highest BCUT2D eigenvalue weighted by Crippen LogP contribution is 2.28. The molecule has 1 rings (SSSR count). The van der Waals surface area contributed by atoms with E-state index in [0.717, 1.165) is 0 Å². The summed E-state index contributed by atoms with van der Waals surface area (Å²) >= 11 is 12.0. The number of ketones is 1. The van der Waals surface area contributed by atoms with Crippen LogP contribution in [0.3, 0.4) is 0 Å². The first kappa shape index (κ1) is 14.8. The SMILES string of the molecule is CC(C)(C)C(=O)/C(C#N)=C/c1c(Cl)cccc1Cl. The van der Waals surface area contributed by atoms with E-state index >= 15 is 0 Å². The number of Topliss-reactive ketones (excluding diaryl/α,β-unsaturated/α-hetero) is 1. The lowest BCUT2D eigenvalue weighted by Gasteiger charge is -2.15. The smallest absolute Gasteiger partial charge is 0.178 e. The standard InChI is InChI=1S/C14H13Cl2NO/c1-14(2,3)13(18)9(8-17)7-10-11(15)5-4-6-12(10)16/h4-7H,1-3H3/b9-7+. The molecule has 0 saturated heterocycles. The summed E-state index contributed by atoms with van der Waals surface area (Å²) in [6, 6.07) is 6.94. The predicted octanol–water partition coefficient (Wildman–Crippen LogP) is 4.52. The van der Waals surface area contributed by atoms with E-state index in [4.69, 9.17) is 28.5 Å². The Morgan fingerprint density at radius 2 is 1.78 bits per heavy atom. The van der Waals surface area contributed by atoms with Crippen molar-refractivity contribution in [2.24, 2.45) is 5.41 Å². The third-order valence-electron chi connectivity index (χ3n) is 2.33. The molecule has 94 valence electrons. The second kappa shape index (κ2) is 5.56. The third kappa shape index (κ3) is 3.35. The van der Waals surface area contributed by atoms with E-state index in [9.17, 15) is 4.79 Å². The summed E-state index contributed by atoms with van der Waals surface area (Å²) in [5.41, 5.74) is -0.0672. The molecule has 0 aliphatic rings. The summed E-state index contributed by atoms with van der Waals surface area (Å²) in [7, 11) is 0. The molecule has 0 aliphatic heterocycles. The molecule has 0 aromatic heterocycles. The lowest BCUT2D eigenvalue weighted by atomic mass is 9.86. The Balaban J connectivity index is 3.31. The van der Waals surface area contributed by atoms with Crippen molar-refractivity contribution >= 4 is 35.1 Å². The molecular formula is C14H13Cl2NO. The molecule has 0 aliphatic carbocycles. The van der Waals surface area contributed by atoms with Gasteiger partial charge in [0.15, 0.2) is 5.78 Å². The minimum absolute atomic E-state index is 0.0532. The van der Waals surface area contributed by atoms with Crippen molar-refractivity contribution < 1.29 is 4.79 Å². The number of nitrogens with zero attached hydrogens (tertiary/aromatic N) is 1. The van der Waals surface area contributed by atoms with Crippen molar-refractivity contribution in [1.82, 2.24) is 0 Å². The molecule has 1 aromatic carbocycles. The molecule has 0 fully saturated rings. The molecule has 0 heterocycles. The lowest BCUT2D eigenvalue weighted by Crippen LogP contribution is -2.21. The van der Waals surface area contributed by atoms with Gasteiger partial charge in [-0.1, -0.05) is 50.0 Å². The maximum atomic E-state index is 12.0. The van der Waals surface area contributed by atoms with Crippen molar-refractivity contribution in [2.45, 2.75) is 20.8 Å². The number of halogens is 2. The van der Waals surface area contributed by atoms with Gasteiger partial charge in [-0.05, 0) is 18.2 Å². The zero-order valence-electron chi connectivity index (χ0n) is 10.4. The summed E-state index contributed by atoms with van der Waals surface area (Å²) in [5.74, 6) is -0.235. The van der Waals surface area contributed by atoms with Crippen LogP contribution in [0.15, 0.2) is 23.8 Å². The highest BCUT2D eigenvalue weighted by molar-refractivity contribution is 6.37. The fraction of sp³-hybridized carbons (Fsp3) is 0.286. The molecule has 0 radical (unpaired) electrons. The topological polar surface area (TPSA) is 40.9 Å². The Kier molecular flexibility index (Phi) is 4.56. The zero-order chi connectivity index (χ0) is 13.9. The summed E-state index contributed by atoms with van der Waals surface area (Å²) in [4.78, 5) is 12.0. The minimum atomic E-state index is -0.616. The van der Waals surface area contributed by atoms with Gasteiger partial charge in [-0.2, -0.15) is 5.26 Å². The fourth-order valence-electron chi connectivity index (χ4n) is 1.35. The average Bonchev–Trinajstić information content (AvgIpc) is 2.27. The molecule has 4 heteroatoms. The number of carbonyl (C=O) groups is 1. The first-order valence-corrected chi connectivity index (χ1v) is 6.13. The van der Waals surface area contributed by atoms with Crippen molar-refractivity contribution in [2.75, 3.05) is 0 Å². The molecule has 0 N–H and O–H groups in total. The third-order valence-corrected chi connectivity index (χ3v) is 2.99. The number of rotatable bonds is 2. The second-order valence-corrected chi connectivity index (χ2v) is 5.70. The summed E-state index contributed by atoms with van der Waals surface area (Å²) in [6.07, 6.45) is 1.44. The average molecular weight is 282 g/mol. The lowest BCUT2D eigenvalue weighted by molar-refractivity contribution is -0.121. The molecule has 1 aromatic rings. The Morgan fingerprint density at radius 1 is 1.28 bits per heavy atom. The van der Waals surface area contributed by atoms with Crippen LogP contribution in [-0.4, -0.2) is 5.78 Å². The quantitative estimate of drug-likeness (QED) is 0.591. The number of benzene rings is 1. The van der Waals surface area contributed by atoms with E-state index < -0.39 is 5.41 Å². The monoisotopic (exact) mass is 281 g/mol. The van der Waals surface area contributed by atoms with E-state index in [2.05, 4.69) is 0 Å². The van der Waals surface area contributed by atoms with Crippen LogP contribution >= 0.6 is 23.2 Å². The van der Waals surface area contributed by atoms with Crippen LogP contribution in [0, 0.1) is 16.7 Å². The Bertz CT molecular complexity index is 528. The van der Waals surface area contributed by atoms with E-state index in [-0.39, 0.29) is 11.4 Å². The highest BCUT2D eigenvalue weighted by atomic mass is 35.5. The molecule has 0 atom stereocenters. The summed E-state index contributed by atoms with van der Waals surface area (Å²) in [6.45, 7) is 5.28. The van der Waals surface area contributed by atoms with Gasteiger partial charge in [-0.3, -0.25) is 4.79 Å². The van der Waals surface area contributed by atoms with Gasteiger partial charge in [0.1, 0.15) is 6.07 Å².